The zero-order valence-corrected chi connectivity index (χ0v) is 12.1. The summed E-state index contributed by atoms with van der Waals surface area (Å²) < 4.78 is 4.97. The van der Waals surface area contributed by atoms with Crippen LogP contribution in [0.4, 0.5) is 5.69 Å². The van der Waals surface area contributed by atoms with E-state index in [4.69, 9.17) is 4.74 Å². The highest BCUT2D eigenvalue weighted by molar-refractivity contribution is 6.22. The van der Waals surface area contributed by atoms with E-state index in [1.807, 2.05) is 0 Å². The van der Waals surface area contributed by atoms with E-state index in [9.17, 15) is 14.4 Å². The van der Waals surface area contributed by atoms with Crippen molar-refractivity contribution >= 4 is 23.5 Å². The van der Waals surface area contributed by atoms with E-state index in [-0.39, 0.29) is 35.5 Å². The van der Waals surface area contributed by atoms with Crippen molar-refractivity contribution in [2.75, 3.05) is 4.90 Å². The molecule has 5 nitrogen and oxygen atoms in total. The van der Waals surface area contributed by atoms with Crippen molar-refractivity contribution < 1.29 is 19.1 Å². The highest BCUT2D eigenvalue weighted by Gasteiger charge is 2.59. The second-order valence-electron chi connectivity index (χ2n) is 6.10. The van der Waals surface area contributed by atoms with E-state index in [0.717, 1.165) is 6.42 Å². The Labute approximate surface area is 127 Å². The fourth-order valence-electron chi connectivity index (χ4n) is 3.99. The van der Waals surface area contributed by atoms with Crippen LogP contribution < -0.4 is 9.64 Å². The van der Waals surface area contributed by atoms with Crippen molar-refractivity contribution in [1.82, 2.24) is 0 Å². The summed E-state index contributed by atoms with van der Waals surface area (Å²) in [6, 6.07) is 6.48. The van der Waals surface area contributed by atoms with Gasteiger partial charge in [0.05, 0.1) is 17.5 Å². The first kappa shape index (κ1) is 13.2. The van der Waals surface area contributed by atoms with Gasteiger partial charge < -0.3 is 4.74 Å². The van der Waals surface area contributed by atoms with E-state index >= 15 is 0 Å². The molecule has 2 fully saturated rings. The monoisotopic (exact) mass is 297 g/mol. The number of fused-ring (bicyclic) bond motifs is 5. The molecule has 5 heteroatoms. The van der Waals surface area contributed by atoms with Crippen molar-refractivity contribution in [3.8, 4) is 5.75 Å². The number of esters is 1. The van der Waals surface area contributed by atoms with Gasteiger partial charge in [0.15, 0.2) is 0 Å². The minimum Gasteiger partial charge on any atom is -0.427 e. The average Bonchev–Trinajstić information content (AvgIpc) is 3.14. The zero-order valence-electron chi connectivity index (χ0n) is 12.1. The molecule has 0 N–H and O–H groups in total. The van der Waals surface area contributed by atoms with E-state index in [1.54, 1.807) is 24.3 Å². The number of benzene rings is 1. The summed E-state index contributed by atoms with van der Waals surface area (Å²) in [5.41, 5.74) is 0.541. The van der Waals surface area contributed by atoms with Crippen molar-refractivity contribution in [3.63, 3.8) is 0 Å². The maximum absolute atomic E-state index is 12.6. The van der Waals surface area contributed by atoms with Crippen LogP contribution in [0.25, 0.3) is 0 Å². The number of hydrogen-bond acceptors (Lipinski definition) is 4. The van der Waals surface area contributed by atoms with Crippen LogP contribution in [0, 0.1) is 23.7 Å². The number of ether oxygens (including phenoxy) is 1. The Balaban J connectivity index is 1.62. The SMILES string of the molecule is CC(=O)Oc1ccc(N2C(=O)[C@@H]3[C@H](C2=O)[C@H]2C=C[C@@H]3C2)cc1. The maximum atomic E-state index is 12.6. The highest BCUT2D eigenvalue weighted by atomic mass is 16.5. The Hall–Kier alpha value is -2.43. The van der Waals surface area contributed by atoms with E-state index in [2.05, 4.69) is 12.2 Å². The predicted molar refractivity (Wildman–Crippen MR) is 78.0 cm³/mol. The molecular formula is C17H15NO4. The summed E-state index contributed by atoms with van der Waals surface area (Å²) >= 11 is 0. The largest absolute Gasteiger partial charge is 0.427 e. The third kappa shape index (κ3) is 1.75. The smallest absolute Gasteiger partial charge is 0.308 e. The molecule has 112 valence electrons. The number of allylic oxidation sites excluding steroid dienone is 2. The molecule has 0 radical (unpaired) electrons. The van der Waals surface area contributed by atoms with Gasteiger partial charge in [-0.3, -0.25) is 19.3 Å². The number of anilines is 1. The molecule has 1 aromatic carbocycles. The lowest BCUT2D eigenvalue weighted by atomic mass is 9.85. The summed E-state index contributed by atoms with van der Waals surface area (Å²) in [6.07, 6.45) is 5.07. The van der Waals surface area contributed by atoms with Gasteiger partial charge in [-0.1, -0.05) is 12.2 Å². The summed E-state index contributed by atoms with van der Waals surface area (Å²) in [4.78, 5) is 37.5. The lowest BCUT2D eigenvalue weighted by Gasteiger charge is -2.17. The maximum Gasteiger partial charge on any atom is 0.308 e. The first-order chi connectivity index (χ1) is 10.6. The summed E-state index contributed by atoms with van der Waals surface area (Å²) in [7, 11) is 0. The standard InChI is InChI=1S/C17H15NO4/c1-9(19)22-13-6-4-12(5-7-13)18-16(20)14-10-2-3-11(8-10)15(14)17(18)21/h2-7,10-11,14-15H,8H2,1H3/t10-,11+,14+,15-. The summed E-state index contributed by atoms with van der Waals surface area (Å²) in [6.45, 7) is 1.32. The first-order valence-corrected chi connectivity index (χ1v) is 7.41. The number of carbonyl (C=O) groups excluding carboxylic acids is 3. The molecule has 2 aliphatic carbocycles. The van der Waals surface area contributed by atoms with Crippen molar-refractivity contribution in [2.24, 2.45) is 23.7 Å². The normalized spacial score (nSPS) is 31.8. The van der Waals surface area contributed by atoms with Gasteiger partial charge in [-0.25, -0.2) is 0 Å². The zero-order chi connectivity index (χ0) is 15.4. The van der Waals surface area contributed by atoms with Crippen LogP contribution in [0.2, 0.25) is 0 Å². The Morgan fingerprint density at radius 2 is 1.59 bits per heavy atom. The van der Waals surface area contributed by atoms with Crippen LogP contribution in [0.1, 0.15) is 13.3 Å². The molecule has 0 unspecified atom stereocenters. The van der Waals surface area contributed by atoms with Crippen molar-refractivity contribution in [3.05, 3.63) is 36.4 Å². The molecule has 1 saturated carbocycles. The number of imide groups is 1. The number of amides is 2. The molecule has 2 amide bonds. The fraction of sp³-hybridized carbons (Fsp3) is 0.353. The lowest BCUT2D eigenvalue weighted by molar-refractivity contribution is -0.132. The average molecular weight is 297 g/mol. The third-order valence-electron chi connectivity index (χ3n) is 4.83. The van der Waals surface area contributed by atoms with Gasteiger partial charge in [0.2, 0.25) is 11.8 Å². The minimum atomic E-state index is -0.404. The van der Waals surface area contributed by atoms with Gasteiger partial charge in [-0.15, -0.1) is 0 Å². The van der Waals surface area contributed by atoms with Gasteiger partial charge in [0.1, 0.15) is 5.75 Å². The molecule has 4 atom stereocenters. The molecule has 0 spiro atoms. The predicted octanol–water partition coefficient (Wildman–Crippen LogP) is 1.92. The molecule has 22 heavy (non-hydrogen) atoms. The molecule has 1 heterocycles. The van der Waals surface area contributed by atoms with Gasteiger partial charge in [0, 0.05) is 6.92 Å². The second kappa shape index (κ2) is 4.53. The number of hydrogen-bond donors (Lipinski definition) is 0. The van der Waals surface area contributed by atoms with Crippen LogP contribution in [0.15, 0.2) is 36.4 Å². The van der Waals surface area contributed by atoms with Crippen LogP contribution in [-0.4, -0.2) is 17.8 Å². The van der Waals surface area contributed by atoms with Crippen LogP contribution in [0.3, 0.4) is 0 Å². The Morgan fingerprint density at radius 3 is 2.09 bits per heavy atom. The van der Waals surface area contributed by atoms with Crippen molar-refractivity contribution in [2.45, 2.75) is 13.3 Å². The van der Waals surface area contributed by atoms with Gasteiger partial charge in [-0.05, 0) is 42.5 Å². The Morgan fingerprint density at radius 1 is 1.05 bits per heavy atom. The summed E-state index contributed by atoms with van der Waals surface area (Å²) in [5, 5.41) is 0. The van der Waals surface area contributed by atoms with Gasteiger partial charge >= 0.3 is 5.97 Å². The highest BCUT2D eigenvalue weighted by Crippen LogP contribution is 2.53. The molecular weight excluding hydrogens is 282 g/mol. The molecule has 0 aromatic heterocycles. The molecule has 1 aliphatic heterocycles. The van der Waals surface area contributed by atoms with Crippen LogP contribution in [0.5, 0.6) is 5.75 Å². The molecule has 4 rings (SSSR count). The van der Waals surface area contributed by atoms with E-state index < -0.39 is 5.97 Å². The van der Waals surface area contributed by atoms with E-state index in [1.165, 1.54) is 11.8 Å². The fourth-order valence-corrected chi connectivity index (χ4v) is 3.99. The van der Waals surface area contributed by atoms with Crippen molar-refractivity contribution in [1.29, 1.82) is 0 Å². The quantitative estimate of drug-likeness (QED) is 0.362. The lowest BCUT2D eigenvalue weighted by Crippen LogP contribution is -2.32. The number of rotatable bonds is 2. The first-order valence-electron chi connectivity index (χ1n) is 7.41. The van der Waals surface area contributed by atoms with Crippen LogP contribution in [-0.2, 0) is 14.4 Å². The Kier molecular flexibility index (Phi) is 2.73. The van der Waals surface area contributed by atoms with E-state index in [0.29, 0.717) is 11.4 Å². The topological polar surface area (TPSA) is 63.7 Å². The minimum absolute atomic E-state index is 0.105. The van der Waals surface area contributed by atoms with Gasteiger partial charge in [-0.2, -0.15) is 0 Å². The molecule has 2 bridgehead atoms. The van der Waals surface area contributed by atoms with Crippen LogP contribution >= 0.6 is 0 Å². The number of nitrogens with zero attached hydrogens (tertiary/aromatic N) is 1. The molecule has 3 aliphatic rings. The molecule has 1 saturated heterocycles. The molecule has 1 aromatic rings. The second-order valence-corrected chi connectivity index (χ2v) is 6.10. The van der Waals surface area contributed by atoms with Gasteiger partial charge in [0.25, 0.3) is 0 Å². The third-order valence-corrected chi connectivity index (χ3v) is 4.83. The Bertz CT molecular complexity index is 676. The number of carbonyl (C=O) groups is 3. The summed E-state index contributed by atoms with van der Waals surface area (Å²) in [5.74, 6) is -0.200.